The molecule has 3 saturated carbocycles. The summed E-state index contributed by atoms with van der Waals surface area (Å²) in [5.74, 6) is 2.02. The Kier molecular flexibility index (Phi) is 3.57. The summed E-state index contributed by atoms with van der Waals surface area (Å²) in [6.45, 7) is 3.51. The summed E-state index contributed by atoms with van der Waals surface area (Å²) >= 11 is 0. The fraction of sp³-hybridized carbons (Fsp3) is 0.700. The molecule has 0 amide bonds. The molecule has 3 aliphatic rings. The SMILES string of the molecule is CCc1ccc(CC2(CNC3CC3)CC3CCC2C3)cc1. The normalized spacial score (nSPS) is 34.5. The summed E-state index contributed by atoms with van der Waals surface area (Å²) in [4.78, 5) is 0. The summed E-state index contributed by atoms with van der Waals surface area (Å²) in [6.07, 6.45) is 11.3. The fourth-order valence-electron chi connectivity index (χ4n) is 4.99. The molecule has 3 unspecified atom stereocenters. The predicted molar refractivity (Wildman–Crippen MR) is 88.4 cm³/mol. The first kappa shape index (κ1) is 13.8. The molecular weight excluding hydrogens is 254 g/mol. The topological polar surface area (TPSA) is 12.0 Å². The van der Waals surface area contributed by atoms with Crippen molar-refractivity contribution in [1.82, 2.24) is 5.32 Å². The maximum absolute atomic E-state index is 3.87. The van der Waals surface area contributed by atoms with Crippen LogP contribution in [0.1, 0.15) is 56.6 Å². The predicted octanol–water partition coefficient (Wildman–Crippen LogP) is 4.35. The molecule has 1 N–H and O–H groups in total. The molecule has 0 spiro atoms. The Morgan fingerprint density at radius 2 is 1.81 bits per heavy atom. The first-order chi connectivity index (χ1) is 10.3. The van der Waals surface area contributed by atoms with Gasteiger partial charge in [-0.05, 0) is 73.3 Å². The standard InChI is InChI=1S/C20H29N/c1-2-15-3-5-16(6-4-15)12-20(14-21-19-9-10-19)13-17-7-8-18(20)11-17/h3-6,17-19,21H,2,7-14H2,1H3. The lowest BCUT2D eigenvalue weighted by atomic mass is 9.69. The van der Waals surface area contributed by atoms with Crippen molar-refractivity contribution in [3.8, 4) is 0 Å². The van der Waals surface area contributed by atoms with Crippen LogP contribution < -0.4 is 5.32 Å². The van der Waals surface area contributed by atoms with Gasteiger partial charge in [0.1, 0.15) is 0 Å². The van der Waals surface area contributed by atoms with Crippen LogP contribution in [0.3, 0.4) is 0 Å². The Morgan fingerprint density at radius 3 is 2.38 bits per heavy atom. The molecule has 21 heavy (non-hydrogen) atoms. The van der Waals surface area contributed by atoms with Crippen molar-refractivity contribution < 1.29 is 0 Å². The summed E-state index contributed by atoms with van der Waals surface area (Å²) < 4.78 is 0. The van der Waals surface area contributed by atoms with Gasteiger partial charge in [0.15, 0.2) is 0 Å². The van der Waals surface area contributed by atoms with Crippen LogP contribution in [0, 0.1) is 17.3 Å². The molecule has 2 bridgehead atoms. The van der Waals surface area contributed by atoms with Crippen molar-refractivity contribution in [2.45, 2.75) is 64.3 Å². The van der Waals surface area contributed by atoms with Gasteiger partial charge in [-0.3, -0.25) is 0 Å². The van der Waals surface area contributed by atoms with Crippen LogP contribution in [0.15, 0.2) is 24.3 Å². The monoisotopic (exact) mass is 283 g/mol. The molecule has 1 aromatic rings. The molecule has 1 heteroatoms. The van der Waals surface area contributed by atoms with Gasteiger partial charge in [-0.2, -0.15) is 0 Å². The van der Waals surface area contributed by atoms with Crippen molar-refractivity contribution in [3.63, 3.8) is 0 Å². The van der Waals surface area contributed by atoms with Gasteiger partial charge >= 0.3 is 0 Å². The molecule has 1 nitrogen and oxygen atoms in total. The van der Waals surface area contributed by atoms with Gasteiger partial charge in [-0.1, -0.05) is 37.6 Å². The molecule has 3 fully saturated rings. The zero-order chi connectivity index (χ0) is 14.3. The van der Waals surface area contributed by atoms with E-state index < -0.39 is 0 Å². The van der Waals surface area contributed by atoms with Gasteiger partial charge in [-0.25, -0.2) is 0 Å². The van der Waals surface area contributed by atoms with Crippen LogP contribution in [-0.4, -0.2) is 12.6 Å². The number of hydrogen-bond acceptors (Lipinski definition) is 1. The smallest absolute Gasteiger partial charge is 0.00684 e. The Bertz CT molecular complexity index is 487. The van der Waals surface area contributed by atoms with Crippen molar-refractivity contribution >= 4 is 0 Å². The number of benzene rings is 1. The Balaban J connectivity index is 1.51. The quantitative estimate of drug-likeness (QED) is 0.818. The van der Waals surface area contributed by atoms with Crippen molar-refractivity contribution in [2.75, 3.05) is 6.54 Å². The van der Waals surface area contributed by atoms with E-state index in [-0.39, 0.29) is 0 Å². The molecule has 0 radical (unpaired) electrons. The molecule has 0 saturated heterocycles. The zero-order valence-electron chi connectivity index (χ0n) is 13.4. The second kappa shape index (κ2) is 5.43. The van der Waals surface area contributed by atoms with E-state index in [1.165, 1.54) is 57.1 Å². The third-order valence-electron chi connectivity index (χ3n) is 6.41. The molecular formula is C20H29N. The van der Waals surface area contributed by atoms with Gasteiger partial charge in [-0.15, -0.1) is 0 Å². The van der Waals surface area contributed by atoms with Crippen LogP contribution in [0.4, 0.5) is 0 Å². The largest absolute Gasteiger partial charge is 0.313 e. The van der Waals surface area contributed by atoms with Gasteiger partial charge in [0.25, 0.3) is 0 Å². The highest BCUT2D eigenvalue weighted by molar-refractivity contribution is 5.24. The highest BCUT2D eigenvalue weighted by Gasteiger charge is 2.50. The van der Waals surface area contributed by atoms with E-state index in [4.69, 9.17) is 0 Å². The maximum Gasteiger partial charge on any atom is 0.00684 e. The van der Waals surface area contributed by atoms with E-state index in [9.17, 15) is 0 Å². The summed E-state index contributed by atoms with van der Waals surface area (Å²) in [7, 11) is 0. The number of hydrogen-bond donors (Lipinski definition) is 1. The van der Waals surface area contributed by atoms with Crippen LogP contribution >= 0.6 is 0 Å². The lowest BCUT2D eigenvalue weighted by Crippen LogP contribution is -2.41. The van der Waals surface area contributed by atoms with Gasteiger partial charge in [0, 0.05) is 12.6 Å². The molecule has 3 atom stereocenters. The van der Waals surface area contributed by atoms with Crippen molar-refractivity contribution in [3.05, 3.63) is 35.4 Å². The van der Waals surface area contributed by atoms with Crippen molar-refractivity contribution in [2.24, 2.45) is 17.3 Å². The van der Waals surface area contributed by atoms with E-state index in [1.54, 1.807) is 5.56 Å². The molecule has 0 aromatic heterocycles. The lowest BCUT2D eigenvalue weighted by Gasteiger charge is -2.38. The number of aryl methyl sites for hydroxylation is 1. The maximum atomic E-state index is 3.87. The Hall–Kier alpha value is -0.820. The van der Waals surface area contributed by atoms with E-state index in [0.29, 0.717) is 5.41 Å². The van der Waals surface area contributed by atoms with Crippen LogP contribution in [0.5, 0.6) is 0 Å². The minimum atomic E-state index is 0.569. The van der Waals surface area contributed by atoms with Gasteiger partial charge in [0.05, 0.1) is 0 Å². The summed E-state index contributed by atoms with van der Waals surface area (Å²) in [5, 5.41) is 3.87. The van der Waals surface area contributed by atoms with E-state index in [0.717, 1.165) is 24.3 Å². The van der Waals surface area contributed by atoms with E-state index >= 15 is 0 Å². The zero-order valence-corrected chi connectivity index (χ0v) is 13.4. The molecule has 0 heterocycles. The molecule has 4 rings (SSSR count). The van der Waals surface area contributed by atoms with Crippen LogP contribution in [-0.2, 0) is 12.8 Å². The van der Waals surface area contributed by atoms with E-state index in [2.05, 4.69) is 36.5 Å². The van der Waals surface area contributed by atoms with Crippen molar-refractivity contribution in [1.29, 1.82) is 0 Å². The molecule has 1 aromatic carbocycles. The summed E-state index contributed by atoms with van der Waals surface area (Å²) in [5.41, 5.74) is 3.60. The van der Waals surface area contributed by atoms with Crippen LogP contribution in [0.2, 0.25) is 0 Å². The third kappa shape index (κ3) is 2.77. The average Bonchev–Trinajstić information content (AvgIpc) is 3.14. The minimum absolute atomic E-state index is 0.569. The fourth-order valence-corrected chi connectivity index (χ4v) is 4.99. The number of nitrogens with one attached hydrogen (secondary N) is 1. The Morgan fingerprint density at radius 1 is 1.05 bits per heavy atom. The molecule has 114 valence electrons. The number of fused-ring (bicyclic) bond motifs is 2. The minimum Gasteiger partial charge on any atom is -0.313 e. The highest BCUT2D eigenvalue weighted by atomic mass is 15.0. The first-order valence-electron chi connectivity index (χ1n) is 9.08. The second-order valence-corrected chi connectivity index (χ2v) is 7.94. The average molecular weight is 283 g/mol. The van der Waals surface area contributed by atoms with Gasteiger partial charge < -0.3 is 5.32 Å². The third-order valence-corrected chi connectivity index (χ3v) is 6.41. The first-order valence-corrected chi connectivity index (χ1v) is 9.08. The molecule has 0 aliphatic heterocycles. The lowest BCUT2D eigenvalue weighted by molar-refractivity contribution is 0.155. The molecule has 3 aliphatic carbocycles. The highest BCUT2D eigenvalue weighted by Crippen LogP contribution is 2.57. The number of rotatable bonds is 6. The summed E-state index contributed by atoms with van der Waals surface area (Å²) in [6, 6.07) is 10.3. The van der Waals surface area contributed by atoms with Gasteiger partial charge in [0.2, 0.25) is 0 Å². The Labute approximate surface area is 129 Å². The second-order valence-electron chi connectivity index (χ2n) is 7.94. The van der Waals surface area contributed by atoms with E-state index in [1.807, 2.05) is 0 Å². The van der Waals surface area contributed by atoms with Crippen LogP contribution in [0.25, 0.3) is 0 Å².